The van der Waals surface area contributed by atoms with Crippen LogP contribution in [0.15, 0.2) is 28.7 Å². The first kappa shape index (κ1) is 11.6. The van der Waals surface area contributed by atoms with Crippen LogP contribution in [0.2, 0.25) is 0 Å². The van der Waals surface area contributed by atoms with Crippen LogP contribution < -0.4 is 0 Å². The molecule has 0 unspecified atom stereocenters. The molecule has 1 heterocycles. The van der Waals surface area contributed by atoms with Crippen molar-refractivity contribution in [1.29, 1.82) is 0 Å². The lowest BCUT2D eigenvalue weighted by Gasteiger charge is -2.15. The average molecular weight is 282 g/mol. The summed E-state index contributed by atoms with van der Waals surface area (Å²) in [6.45, 7) is 1.91. The van der Waals surface area contributed by atoms with E-state index in [2.05, 4.69) is 22.0 Å². The monoisotopic (exact) mass is 281 g/mol. The third kappa shape index (κ3) is 2.85. The molecule has 0 radical (unpaired) electrons. The summed E-state index contributed by atoms with van der Waals surface area (Å²) < 4.78 is 1.10. The van der Waals surface area contributed by atoms with Gasteiger partial charge < -0.3 is 4.90 Å². The third-order valence-corrected chi connectivity index (χ3v) is 3.80. The van der Waals surface area contributed by atoms with E-state index in [9.17, 15) is 4.79 Å². The van der Waals surface area contributed by atoms with E-state index in [-0.39, 0.29) is 0 Å². The molecule has 1 amide bonds. The van der Waals surface area contributed by atoms with Gasteiger partial charge in [-0.15, -0.1) is 0 Å². The normalized spacial score (nSPS) is 15.4. The van der Waals surface area contributed by atoms with Gasteiger partial charge in [-0.05, 0) is 30.9 Å². The molecular weight excluding hydrogens is 266 g/mol. The van der Waals surface area contributed by atoms with Crippen LogP contribution in [0.25, 0.3) is 0 Å². The highest BCUT2D eigenvalue weighted by molar-refractivity contribution is 9.10. The van der Waals surface area contributed by atoms with E-state index in [1.54, 1.807) is 0 Å². The molecule has 0 aliphatic carbocycles. The summed E-state index contributed by atoms with van der Waals surface area (Å²) in [5, 5.41) is 0. The lowest BCUT2D eigenvalue weighted by Crippen LogP contribution is -2.27. The van der Waals surface area contributed by atoms with Crippen molar-refractivity contribution < 1.29 is 4.79 Å². The predicted molar refractivity (Wildman–Crippen MR) is 68.3 cm³/mol. The average Bonchev–Trinajstić information content (AvgIpc) is 2.81. The molecule has 1 fully saturated rings. The summed E-state index contributed by atoms with van der Waals surface area (Å²) in [4.78, 5) is 13.8. The van der Waals surface area contributed by atoms with Gasteiger partial charge in [0.25, 0.3) is 0 Å². The van der Waals surface area contributed by atoms with Crippen molar-refractivity contribution in [3.63, 3.8) is 0 Å². The minimum absolute atomic E-state index is 0.299. The molecule has 86 valence electrons. The molecule has 0 bridgehead atoms. The Bertz CT molecular complexity index is 372. The van der Waals surface area contributed by atoms with Crippen molar-refractivity contribution in [2.75, 3.05) is 13.1 Å². The number of carbonyl (C=O) groups excluding carboxylic acids is 1. The van der Waals surface area contributed by atoms with Crippen LogP contribution in [0.1, 0.15) is 24.8 Å². The van der Waals surface area contributed by atoms with Crippen LogP contribution in [0, 0.1) is 0 Å². The lowest BCUT2D eigenvalue weighted by molar-refractivity contribution is -0.130. The van der Waals surface area contributed by atoms with Gasteiger partial charge >= 0.3 is 0 Å². The number of amides is 1. The van der Waals surface area contributed by atoms with Gasteiger partial charge in [0, 0.05) is 24.0 Å². The molecule has 0 atom stereocenters. The molecule has 1 aliphatic rings. The summed E-state index contributed by atoms with van der Waals surface area (Å²) in [6.07, 6.45) is 3.79. The van der Waals surface area contributed by atoms with Crippen LogP contribution in [-0.2, 0) is 11.2 Å². The SMILES string of the molecule is O=C(CCc1ccccc1Br)N1CCCC1. The maximum atomic E-state index is 11.8. The Balaban J connectivity index is 1.87. The van der Waals surface area contributed by atoms with Crippen molar-refractivity contribution in [3.8, 4) is 0 Å². The molecule has 1 aromatic carbocycles. The Kier molecular flexibility index (Phi) is 3.99. The van der Waals surface area contributed by atoms with Crippen LogP contribution >= 0.6 is 15.9 Å². The lowest BCUT2D eigenvalue weighted by atomic mass is 10.1. The minimum atomic E-state index is 0.299. The molecule has 2 nitrogen and oxygen atoms in total. The standard InChI is InChI=1S/C13H16BrNO/c14-12-6-2-1-5-11(12)7-8-13(16)15-9-3-4-10-15/h1-2,5-6H,3-4,7-10H2. The summed E-state index contributed by atoms with van der Waals surface area (Å²) in [5.41, 5.74) is 1.22. The van der Waals surface area contributed by atoms with Crippen LogP contribution in [-0.4, -0.2) is 23.9 Å². The number of hydrogen-bond acceptors (Lipinski definition) is 1. The largest absolute Gasteiger partial charge is 0.343 e. The van der Waals surface area contributed by atoms with Crippen LogP contribution in [0.3, 0.4) is 0 Å². The van der Waals surface area contributed by atoms with E-state index in [1.165, 1.54) is 18.4 Å². The van der Waals surface area contributed by atoms with E-state index in [0.29, 0.717) is 12.3 Å². The smallest absolute Gasteiger partial charge is 0.222 e. The molecule has 0 N–H and O–H groups in total. The van der Waals surface area contributed by atoms with Crippen LogP contribution in [0.5, 0.6) is 0 Å². The molecule has 1 saturated heterocycles. The molecule has 0 spiro atoms. The van der Waals surface area contributed by atoms with Gasteiger partial charge in [-0.2, -0.15) is 0 Å². The summed E-state index contributed by atoms with van der Waals surface area (Å²) in [7, 11) is 0. The van der Waals surface area contributed by atoms with Crippen molar-refractivity contribution in [2.24, 2.45) is 0 Å². The molecular formula is C13H16BrNO. The number of nitrogens with zero attached hydrogens (tertiary/aromatic N) is 1. The first-order valence-electron chi connectivity index (χ1n) is 5.78. The number of rotatable bonds is 3. The highest BCUT2D eigenvalue weighted by Crippen LogP contribution is 2.18. The Morgan fingerprint density at radius 3 is 2.62 bits per heavy atom. The van der Waals surface area contributed by atoms with E-state index in [4.69, 9.17) is 0 Å². The van der Waals surface area contributed by atoms with E-state index in [1.807, 2.05) is 23.1 Å². The molecule has 1 aromatic rings. The second-order valence-electron chi connectivity index (χ2n) is 4.18. The number of halogens is 1. The molecule has 0 aromatic heterocycles. The number of likely N-dealkylation sites (tertiary alicyclic amines) is 1. The van der Waals surface area contributed by atoms with Gasteiger partial charge in [0.05, 0.1) is 0 Å². The number of hydrogen-bond donors (Lipinski definition) is 0. The van der Waals surface area contributed by atoms with Crippen molar-refractivity contribution in [1.82, 2.24) is 4.90 Å². The summed E-state index contributed by atoms with van der Waals surface area (Å²) in [5.74, 6) is 0.299. The molecule has 1 aliphatic heterocycles. The van der Waals surface area contributed by atoms with Gasteiger partial charge in [-0.1, -0.05) is 34.1 Å². The first-order chi connectivity index (χ1) is 7.77. The highest BCUT2D eigenvalue weighted by atomic mass is 79.9. The fourth-order valence-electron chi connectivity index (χ4n) is 2.07. The molecule has 0 saturated carbocycles. The third-order valence-electron chi connectivity index (χ3n) is 3.02. The molecule has 3 heteroatoms. The Morgan fingerprint density at radius 2 is 1.94 bits per heavy atom. The maximum Gasteiger partial charge on any atom is 0.222 e. The molecule has 2 rings (SSSR count). The Morgan fingerprint density at radius 1 is 1.25 bits per heavy atom. The maximum absolute atomic E-state index is 11.8. The quantitative estimate of drug-likeness (QED) is 0.834. The summed E-state index contributed by atoms with van der Waals surface area (Å²) in [6, 6.07) is 8.10. The van der Waals surface area contributed by atoms with Gasteiger partial charge in [-0.3, -0.25) is 4.79 Å². The van der Waals surface area contributed by atoms with E-state index < -0.39 is 0 Å². The first-order valence-corrected chi connectivity index (χ1v) is 6.58. The number of benzene rings is 1. The minimum Gasteiger partial charge on any atom is -0.343 e. The predicted octanol–water partition coefficient (Wildman–Crippen LogP) is 3.00. The van der Waals surface area contributed by atoms with Crippen molar-refractivity contribution in [3.05, 3.63) is 34.3 Å². The Labute approximate surface area is 105 Å². The summed E-state index contributed by atoms with van der Waals surface area (Å²) >= 11 is 3.51. The number of carbonyl (C=O) groups is 1. The van der Waals surface area contributed by atoms with Gasteiger partial charge in [-0.25, -0.2) is 0 Å². The van der Waals surface area contributed by atoms with E-state index in [0.717, 1.165) is 24.0 Å². The zero-order chi connectivity index (χ0) is 11.4. The fourth-order valence-corrected chi connectivity index (χ4v) is 2.55. The van der Waals surface area contributed by atoms with Gasteiger partial charge in [0.1, 0.15) is 0 Å². The van der Waals surface area contributed by atoms with Crippen molar-refractivity contribution in [2.45, 2.75) is 25.7 Å². The zero-order valence-electron chi connectivity index (χ0n) is 9.29. The fraction of sp³-hybridized carbons (Fsp3) is 0.462. The van der Waals surface area contributed by atoms with Crippen LogP contribution in [0.4, 0.5) is 0 Å². The van der Waals surface area contributed by atoms with E-state index >= 15 is 0 Å². The second-order valence-corrected chi connectivity index (χ2v) is 5.03. The molecule has 16 heavy (non-hydrogen) atoms. The topological polar surface area (TPSA) is 20.3 Å². The van der Waals surface area contributed by atoms with Gasteiger partial charge in [0.2, 0.25) is 5.91 Å². The zero-order valence-corrected chi connectivity index (χ0v) is 10.9. The van der Waals surface area contributed by atoms with Crippen molar-refractivity contribution >= 4 is 21.8 Å². The second kappa shape index (κ2) is 5.48. The van der Waals surface area contributed by atoms with Gasteiger partial charge in [0.15, 0.2) is 0 Å². The highest BCUT2D eigenvalue weighted by Gasteiger charge is 2.17. The number of aryl methyl sites for hydroxylation is 1. The Hall–Kier alpha value is -0.830.